The molecule has 0 amide bonds. The summed E-state index contributed by atoms with van der Waals surface area (Å²) in [5.74, 6) is 0.102. The Morgan fingerprint density at radius 3 is 2.53 bits per heavy atom. The predicted octanol–water partition coefficient (Wildman–Crippen LogP) is 5.58. The molecule has 0 radical (unpaired) electrons. The average Bonchev–Trinajstić information content (AvgIpc) is 3.21. The van der Waals surface area contributed by atoms with Crippen molar-refractivity contribution in [3.8, 4) is 11.3 Å². The van der Waals surface area contributed by atoms with Gasteiger partial charge in [-0.3, -0.25) is 10.1 Å². The van der Waals surface area contributed by atoms with Crippen LogP contribution in [0.2, 0.25) is 0 Å². The second-order valence-electron chi connectivity index (χ2n) is 6.76. The van der Waals surface area contributed by atoms with Crippen LogP contribution in [0.1, 0.15) is 27.4 Å². The van der Waals surface area contributed by atoms with Gasteiger partial charge in [0.2, 0.25) is 0 Å². The number of nitro benzene ring substituents is 1. The molecule has 2 aromatic heterocycles. The maximum atomic E-state index is 11.7. The molecule has 7 heteroatoms. The van der Waals surface area contributed by atoms with Crippen LogP contribution in [-0.2, 0) is 0 Å². The third-order valence-electron chi connectivity index (χ3n) is 4.62. The summed E-state index contributed by atoms with van der Waals surface area (Å²) in [4.78, 5) is 26.5. The Labute approximate surface area is 171 Å². The van der Waals surface area contributed by atoms with Crippen LogP contribution in [0, 0.1) is 17.0 Å². The number of hydrogen-bond donors (Lipinski definition) is 1. The normalized spacial score (nSPS) is 11.2. The van der Waals surface area contributed by atoms with E-state index in [1.165, 1.54) is 18.2 Å². The number of nitrogens with zero attached hydrogens (tertiary/aromatic N) is 2. The maximum absolute atomic E-state index is 11.7. The van der Waals surface area contributed by atoms with Crippen LogP contribution >= 0.6 is 0 Å². The number of rotatable bonds is 5. The van der Waals surface area contributed by atoms with Crippen molar-refractivity contribution in [1.29, 1.82) is 0 Å². The van der Waals surface area contributed by atoms with Crippen LogP contribution in [0.4, 0.5) is 5.69 Å². The Morgan fingerprint density at radius 1 is 1.07 bits per heavy atom. The highest BCUT2D eigenvalue weighted by Gasteiger charge is 2.12. The number of hydrogen-bond acceptors (Lipinski definition) is 5. The van der Waals surface area contributed by atoms with Crippen LogP contribution in [-0.4, -0.2) is 21.0 Å². The van der Waals surface area contributed by atoms with E-state index in [1.807, 2.05) is 19.1 Å². The van der Waals surface area contributed by atoms with Crippen LogP contribution in [0.25, 0.3) is 34.4 Å². The number of aromatic carboxylic acids is 1. The van der Waals surface area contributed by atoms with E-state index in [9.17, 15) is 20.0 Å². The van der Waals surface area contributed by atoms with Gasteiger partial charge < -0.3 is 9.52 Å². The van der Waals surface area contributed by atoms with Crippen LogP contribution < -0.4 is 0 Å². The highest BCUT2D eigenvalue weighted by atomic mass is 16.6. The first-order valence-electron chi connectivity index (χ1n) is 9.08. The van der Waals surface area contributed by atoms with Gasteiger partial charge in [0, 0.05) is 23.1 Å². The van der Waals surface area contributed by atoms with Gasteiger partial charge in [0.15, 0.2) is 0 Å². The van der Waals surface area contributed by atoms with E-state index >= 15 is 0 Å². The molecule has 0 saturated carbocycles. The van der Waals surface area contributed by atoms with Crippen LogP contribution in [0.5, 0.6) is 0 Å². The fourth-order valence-electron chi connectivity index (χ4n) is 3.13. The second-order valence-corrected chi connectivity index (χ2v) is 6.76. The lowest BCUT2D eigenvalue weighted by molar-refractivity contribution is -0.384. The molecule has 0 fully saturated rings. The van der Waals surface area contributed by atoms with Crippen LogP contribution in [0.3, 0.4) is 0 Å². The first-order chi connectivity index (χ1) is 14.4. The van der Waals surface area contributed by atoms with E-state index in [0.717, 1.165) is 5.56 Å². The Kier molecular flexibility index (Phi) is 4.85. The van der Waals surface area contributed by atoms with Crippen LogP contribution in [0.15, 0.2) is 65.1 Å². The van der Waals surface area contributed by atoms with E-state index in [2.05, 4.69) is 4.98 Å². The van der Waals surface area contributed by atoms with Crippen molar-refractivity contribution in [3.63, 3.8) is 0 Å². The molecule has 0 bridgehead atoms. The lowest BCUT2D eigenvalue weighted by Crippen LogP contribution is -2.00. The number of nitro groups is 1. The number of pyridine rings is 1. The fourth-order valence-corrected chi connectivity index (χ4v) is 3.13. The molecule has 0 aliphatic rings. The monoisotopic (exact) mass is 400 g/mol. The van der Waals surface area contributed by atoms with Gasteiger partial charge in [-0.25, -0.2) is 9.78 Å². The van der Waals surface area contributed by atoms with Gasteiger partial charge in [0.05, 0.1) is 21.7 Å². The van der Waals surface area contributed by atoms with Gasteiger partial charge in [0.25, 0.3) is 5.69 Å². The minimum atomic E-state index is -1.01. The SMILES string of the molecule is Cc1ccc2nc(/C=C/c3ccc(-c4ccc([N+](=O)[O-])cc4)o3)cc(C(=O)O)c2c1. The molecular weight excluding hydrogens is 384 g/mol. The zero-order chi connectivity index (χ0) is 21.3. The number of carboxylic acid groups (broad SMARTS) is 1. The van der Waals surface area contributed by atoms with Crippen molar-refractivity contribution < 1.29 is 19.2 Å². The standard InChI is InChI=1S/C23H16N2O5/c1-14-2-10-21-19(12-14)20(23(26)27)13-16(24-21)5-8-18-9-11-22(30-18)15-3-6-17(7-4-15)25(28)29/h2-13H,1H3,(H,26,27)/b8-5+. The number of aryl methyl sites for hydroxylation is 1. The van der Waals surface area contributed by atoms with Crippen molar-refractivity contribution in [2.75, 3.05) is 0 Å². The Balaban J connectivity index is 1.63. The quantitative estimate of drug-likeness (QED) is 0.346. The fraction of sp³-hybridized carbons (Fsp3) is 0.0435. The van der Waals surface area contributed by atoms with Gasteiger partial charge in [-0.2, -0.15) is 0 Å². The van der Waals surface area contributed by atoms with E-state index in [1.54, 1.807) is 42.5 Å². The topological polar surface area (TPSA) is 106 Å². The Hall–Kier alpha value is -4.26. The molecule has 7 nitrogen and oxygen atoms in total. The number of non-ortho nitro benzene ring substituents is 1. The summed E-state index contributed by atoms with van der Waals surface area (Å²) in [5, 5.41) is 20.9. The predicted molar refractivity (Wildman–Crippen MR) is 113 cm³/mol. The van der Waals surface area contributed by atoms with E-state index in [-0.39, 0.29) is 11.3 Å². The molecule has 0 unspecified atom stereocenters. The number of furan rings is 1. The molecule has 0 atom stereocenters. The number of carboxylic acids is 1. The summed E-state index contributed by atoms with van der Waals surface area (Å²) < 4.78 is 5.77. The third kappa shape index (κ3) is 3.81. The molecule has 0 aliphatic heterocycles. The third-order valence-corrected chi connectivity index (χ3v) is 4.62. The minimum absolute atomic E-state index is 0.0113. The molecule has 0 saturated heterocycles. The molecular formula is C23H16N2O5. The van der Waals surface area contributed by atoms with Gasteiger partial charge >= 0.3 is 5.97 Å². The summed E-state index contributed by atoms with van der Waals surface area (Å²) in [6, 6.07) is 16.6. The Bertz CT molecular complexity index is 1300. The summed E-state index contributed by atoms with van der Waals surface area (Å²) in [6.07, 6.45) is 3.38. The number of fused-ring (bicyclic) bond motifs is 1. The smallest absolute Gasteiger partial charge is 0.336 e. The highest BCUT2D eigenvalue weighted by molar-refractivity contribution is 6.03. The summed E-state index contributed by atoms with van der Waals surface area (Å²) in [6.45, 7) is 1.90. The Morgan fingerprint density at radius 2 is 1.83 bits per heavy atom. The highest BCUT2D eigenvalue weighted by Crippen LogP contribution is 2.26. The van der Waals surface area contributed by atoms with Gasteiger partial charge in [-0.1, -0.05) is 11.6 Å². The largest absolute Gasteiger partial charge is 0.478 e. The maximum Gasteiger partial charge on any atom is 0.336 e. The number of benzene rings is 2. The first kappa shape index (κ1) is 19.1. The molecule has 148 valence electrons. The van der Waals surface area contributed by atoms with Crippen molar-refractivity contribution >= 4 is 34.7 Å². The molecule has 2 aromatic carbocycles. The summed E-state index contributed by atoms with van der Waals surface area (Å²) in [7, 11) is 0. The van der Waals surface area contributed by atoms with Crippen molar-refractivity contribution in [3.05, 3.63) is 93.4 Å². The summed E-state index contributed by atoms with van der Waals surface area (Å²) in [5.41, 5.74) is 2.98. The first-order valence-corrected chi connectivity index (χ1v) is 9.08. The van der Waals surface area contributed by atoms with Gasteiger partial charge in [-0.05, 0) is 61.5 Å². The summed E-state index contributed by atoms with van der Waals surface area (Å²) >= 11 is 0. The molecule has 1 N–H and O–H groups in total. The second kappa shape index (κ2) is 7.63. The molecule has 4 aromatic rings. The zero-order valence-corrected chi connectivity index (χ0v) is 15.9. The zero-order valence-electron chi connectivity index (χ0n) is 15.9. The molecule has 2 heterocycles. The lowest BCUT2D eigenvalue weighted by Gasteiger charge is -2.05. The van der Waals surface area contributed by atoms with Gasteiger partial charge in [-0.15, -0.1) is 0 Å². The van der Waals surface area contributed by atoms with Crippen molar-refractivity contribution in [2.45, 2.75) is 6.92 Å². The molecule has 0 aliphatic carbocycles. The van der Waals surface area contributed by atoms with Crippen molar-refractivity contribution in [2.24, 2.45) is 0 Å². The number of carbonyl (C=O) groups is 1. The minimum Gasteiger partial charge on any atom is -0.478 e. The number of aromatic nitrogens is 1. The molecule has 4 rings (SSSR count). The molecule has 0 spiro atoms. The van der Waals surface area contributed by atoms with E-state index in [0.29, 0.717) is 33.7 Å². The lowest BCUT2D eigenvalue weighted by atomic mass is 10.1. The van der Waals surface area contributed by atoms with Crippen molar-refractivity contribution in [1.82, 2.24) is 4.98 Å². The molecule has 30 heavy (non-hydrogen) atoms. The van der Waals surface area contributed by atoms with E-state index in [4.69, 9.17) is 4.42 Å². The van der Waals surface area contributed by atoms with E-state index < -0.39 is 10.9 Å². The van der Waals surface area contributed by atoms with Gasteiger partial charge in [0.1, 0.15) is 11.5 Å². The average molecular weight is 400 g/mol.